The maximum atomic E-state index is 5.96. The van der Waals surface area contributed by atoms with Crippen LogP contribution >= 0.6 is 11.6 Å². The first-order valence-electron chi connectivity index (χ1n) is 5.10. The minimum atomic E-state index is 0.316. The van der Waals surface area contributed by atoms with Gasteiger partial charge in [0.1, 0.15) is 24.7 Å². The maximum Gasteiger partial charge on any atom is 0.162 e. The molecule has 0 bridgehead atoms. The summed E-state index contributed by atoms with van der Waals surface area (Å²) >= 11 is 5.96. The molecule has 1 aromatic carbocycles. The van der Waals surface area contributed by atoms with Crippen LogP contribution in [0.2, 0.25) is 5.02 Å². The van der Waals surface area contributed by atoms with E-state index in [0.717, 1.165) is 0 Å². The van der Waals surface area contributed by atoms with Gasteiger partial charge in [0.15, 0.2) is 5.76 Å². The molecule has 0 unspecified atom stereocenters. The van der Waals surface area contributed by atoms with E-state index >= 15 is 0 Å². The zero-order chi connectivity index (χ0) is 12.1. The Morgan fingerprint density at radius 3 is 2.88 bits per heavy atom. The molecule has 2 aromatic rings. The normalized spacial score (nSPS) is 10.5. The summed E-state index contributed by atoms with van der Waals surface area (Å²) in [7, 11) is 1.60. The first-order chi connectivity index (χ1) is 8.29. The van der Waals surface area contributed by atoms with Gasteiger partial charge in [-0.1, -0.05) is 28.9 Å². The molecule has 0 spiro atoms. The molecule has 90 valence electrons. The molecule has 0 saturated carbocycles. The highest BCUT2D eigenvalue weighted by Gasteiger charge is 2.06. The van der Waals surface area contributed by atoms with E-state index in [-0.39, 0.29) is 0 Å². The van der Waals surface area contributed by atoms with Crippen LogP contribution in [0.25, 0.3) is 0 Å². The fourth-order valence-electron chi connectivity index (χ4n) is 1.35. The van der Waals surface area contributed by atoms with Gasteiger partial charge in [0.25, 0.3) is 0 Å². The van der Waals surface area contributed by atoms with Gasteiger partial charge >= 0.3 is 0 Å². The van der Waals surface area contributed by atoms with Crippen LogP contribution in [0.3, 0.4) is 0 Å². The van der Waals surface area contributed by atoms with Gasteiger partial charge in [-0.3, -0.25) is 0 Å². The molecule has 0 radical (unpaired) electrons. The third-order valence-corrected chi connectivity index (χ3v) is 2.42. The summed E-state index contributed by atoms with van der Waals surface area (Å²) in [6.45, 7) is 0.718. The summed E-state index contributed by atoms with van der Waals surface area (Å²) in [5.74, 6) is 1.30. The number of hydrogen-bond donors (Lipinski definition) is 0. The summed E-state index contributed by atoms with van der Waals surface area (Å²) in [6.07, 6.45) is 0. The highest BCUT2D eigenvalue weighted by Crippen LogP contribution is 2.23. The molecule has 4 nitrogen and oxygen atoms in total. The highest BCUT2D eigenvalue weighted by molar-refractivity contribution is 6.32. The molecule has 0 aliphatic carbocycles. The van der Waals surface area contributed by atoms with Crippen LogP contribution < -0.4 is 4.74 Å². The minimum absolute atomic E-state index is 0.316. The summed E-state index contributed by atoms with van der Waals surface area (Å²) in [4.78, 5) is 0. The number of methoxy groups -OCH3 is 1. The molecule has 0 N–H and O–H groups in total. The largest absolute Gasteiger partial charge is 0.486 e. The van der Waals surface area contributed by atoms with Crippen molar-refractivity contribution in [3.05, 3.63) is 46.8 Å². The van der Waals surface area contributed by atoms with Gasteiger partial charge in [-0.2, -0.15) is 0 Å². The average Bonchev–Trinajstić information content (AvgIpc) is 2.76. The maximum absolute atomic E-state index is 5.96. The van der Waals surface area contributed by atoms with Crippen LogP contribution in [-0.2, 0) is 18.0 Å². The van der Waals surface area contributed by atoms with Crippen LogP contribution in [0.5, 0.6) is 5.75 Å². The fourth-order valence-corrected chi connectivity index (χ4v) is 1.54. The summed E-state index contributed by atoms with van der Waals surface area (Å²) in [5.41, 5.74) is 0.706. The van der Waals surface area contributed by atoms with Crippen molar-refractivity contribution >= 4 is 11.6 Å². The predicted octanol–water partition coefficient (Wildman–Crippen LogP) is 3.05. The van der Waals surface area contributed by atoms with Crippen LogP contribution in [0, 0.1) is 0 Å². The van der Waals surface area contributed by atoms with Crippen molar-refractivity contribution in [3.8, 4) is 5.75 Å². The molecule has 0 fully saturated rings. The highest BCUT2D eigenvalue weighted by atomic mass is 35.5. The Kier molecular flexibility index (Phi) is 4.01. The number of para-hydroxylation sites is 1. The van der Waals surface area contributed by atoms with Gasteiger partial charge in [-0.25, -0.2) is 0 Å². The molecule has 17 heavy (non-hydrogen) atoms. The molecular formula is C12H12ClNO3. The smallest absolute Gasteiger partial charge is 0.162 e. The van der Waals surface area contributed by atoms with E-state index in [1.165, 1.54) is 0 Å². The number of benzene rings is 1. The van der Waals surface area contributed by atoms with Crippen molar-refractivity contribution in [2.24, 2.45) is 0 Å². The second-order valence-electron chi connectivity index (χ2n) is 3.44. The molecule has 0 saturated heterocycles. The van der Waals surface area contributed by atoms with Crippen molar-refractivity contribution in [2.75, 3.05) is 7.11 Å². The second kappa shape index (κ2) is 5.70. The summed E-state index contributed by atoms with van der Waals surface area (Å²) in [6, 6.07) is 9.08. The van der Waals surface area contributed by atoms with Gasteiger partial charge in [0.05, 0.1) is 5.02 Å². The van der Waals surface area contributed by atoms with Gasteiger partial charge in [0.2, 0.25) is 0 Å². The lowest BCUT2D eigenvalue weighted by atomic mass is 10.3. The molecule has 0 amide bonds. The average molecular weight is 254 g/mol. The number of nitrogens with zero attached hydrogens (tertiary/aromatic N) is 1. The summed E-state index contributed by atoms with van der Waals surface area (Å²) in [5, 5.41) is 4.43. The van der Waals surface area contributed by atoms with Crippen molar-refractivity contribution in [3.63, 3.8) is 0 Å². The van der Waals surface area contributed by atoms with E-state index in [1.54, 1.807) is 25.3 Å². The number of aromatic nitrogens is 1. The van der Waals surface area contributed by atoms with E-state index < -0.39 is 0 Å². The standard InChI is InChI=1S/C12H12ClNO3/c1-15-8-10-6-9(14-17-10)7-16-12-5-3-2-4-11(12)13/h2-6H,7-8H2,1H3. The van der Waals surface area contributed by atoms with E-state index in [1.807, 2.05) is 12.1 Å². The molecule has 2 rings (SSSR count). The van der Waals surface area contributed by atoms with Crippen molar-refractivity contribution < 1.29 is 14.0 Å². The zero-order valence-corrected chi connectivity index (χ0v) is 10.1. The Morgan fingerprint density at radius 1 is 1.29 bits per heavy atom. The van der Waals surface area contributed by atoms with Crippen LogP contribution in [0.1, 0.15) is 11.5 Å². The van der Waals surface area contributed by atoms with Crippen molar-refractivity contribution in [1.29, 1.82) is 0 Å². The first kappa shape index (κ1) is 12.0. The van der Waals surface area contributed by atoms with Gasteiger partial charge in [-0.05, 0) is 12.1 Å². The number of ether oxygens (including phenoxy) is 2. The number of rotatable bonds is 5. The Bertz CT molecular complexity index is 484. The quantitative estimate of drug-likeness (QED) is 0.822. The van der Waals surface area contributed by atoms with Crippen LogP contribution in [-0.4, -0.2) is 12.3 Å². The molecule has 0 aliphatic rings. The lowest BCUT2D eigenvalue weighted by Crippen LogP contribution is -1.95. The topological polar surface area (TPSA) is 44.5 Å². The van der Waals surface area contributed by atoms with Gasteiger partial charge in [0, 0.05) is 13.2 Å². The van der Waals surface area contributed by atoms with Gasteiger partial charge < -0.3 is 14.0 Å². The third-order valence-electron chi connectivity index (χ3n) is 2.11. The lowest BCUT2D eigenvalue weighted by molar-refractivity contribution is 0.155. The van der Waals surface area contributed by atoms with E-state index in [0.29, 0.717) is 35.4 Å². The van der Waals surface area contributed by atoms with E-state index in [2.05, 4.69) is 5.16 Å². The molecule has 5 heteroatoms. The predicted molar refractivity (Wildman–Crippen MR) is 63.0 cm³/mol. The Hall–Kier alpha value is -1.52. The summed E-state index contributed by atoms with van der Waals surface area (Å²) < 4.78 is 15.5. The van der Waals surface area contributed by atoms with Crippen LogP contribution in [0.15, 0.2) is 34.9 Å². The SMILES string of the molecule is COCc1cc(COc2ccccc2Cl)no1. The Morgan fingerprint density at radius 2 is 2.12 bits per heavy atom. The fraction of sp³-hybridized carbons (Fsp3) is 0.250. The van der Waals surface area contributed by atoms with Crippen LogP contribution in [0.4, 0.5) is 0 Å². The molecule has 1 aromatic heterocycles. The first-order valence-corrected chi connectivity index (χ1v) is 5.48. The van der Waals surface area contributed by atoms with Crippen molar-refractivity contribution in [1.82, 2.24) is 5.16 Å². The number of halogens is 1. The Balaban J connectivity index is 1.95. The molecular weight excluding hydrogens is 242 g/mol. The lowest BCUT2D eigenvalue weighted by Gasteiger charge is -2.04. The minimum Gasteiger partial charge on any atom is -0.486 e. The second-order valence-corrected chi connectivity index (χ2v) is 3.84. The number of hydrogen-bond acceptors (Lipinski definition) is 4. The van der Waals surface area contributed by atoms with Crippen molar-refractivity contribution in [2.45, 2.75) is 13.2 Å². The zero-order valence-electron chi connectivity index (χ0n) is 9.35. The Labute approximate surface area is 104 Å². The van der Waals surface area contributed by atoms with E-state index in [4.69, 9.17) is 25.6 Å². The van der Waals surface area contributed by atoms with Gasteiger partial charge in [-0.15, -0.1) is 0 Å². The molecule has 0 atom stereocenters. The third kappa shape index (κ3) is 3.22. The molecule has 1 heterocycles. The van der Waals surface area contributed by atoms with E-state index in [9.17, 15) is 0 Å². The molecule has 0 aliphatic heterocycles. The monoisotopic (exact) mass is 253 g/mol.